The molecule has 0 aliphatic rings. The van der Waals surface area contributed by atoms with Gasteiger partial charge in [0, 0.05) is 17.2 Å². The van der Waals surface area contributed by atoms with Crippen LogP contribution in [0.25, 0.3) is 0 Å². The Morgan fingerprint density at radius 3 is 2.44 bits per heavy atom. The van der Waals surface area contributed by atoms with E-state index in [-0.39, 0.29) is 22.8 Å². The van der Waals surface area contributed by atoms with Crippen molar-refractivity contribution >= 4 is 11.6 Å². The molecule has 90 valence electrons. The lowest BCUT2D eigenvalue weighted by Gasteiger charge is -2.20. The molecule has 0 saturated heterocycles. The van der Waals surface area contributed by atoms with Gasteiger partial charge in [-0.3, -0.25) is 0 Å². The molecule has 2 nitrogen and oxygen atoms in total. The van der Waals surface area contributed by atoms with Gasteiger partial charge in [0.2, 0.25) is 0 Å². The quantitative estimate of drug-likeness (QED) is 0.836. The molecule has 0 unspecified atom stereocenters. The second-order valence-electron chi connectivity index (χ2n) is 4.33. The van der Waals surface area contributed by atoms with E-state index in [0.29, 0.717) is 0 Å². The predicted octanol–water partition coefficient (Wildman–Crippen LogP) is 2.91. The predicted molar refractivity (Wildman–Crippen MR) is 59.9 cm³/mol. The third kappa shape index (κ3) is 2.83. The van der Waals surface area contributed by atoms with Crippen LogP contribution in [-0.2, 0) is 6.42 Å². The number of hydrogen-bond acceptors (Lipinski definition) is 2. The van der Waals surface area contributed by atoms with Gasteiger partial charge in [0.15, 0.2) is 5.82 Å². The summed E-state index contributed by atoms with van der Waals surface area (Å²) in [5.41, 5.74) is 4.90. The summed E-state index contributed by atoms with van der Waals surface area (Å²) in [7, 11) is 1.30. The van der Waals surface area contributed by atoms with E-state index in [0.717, 1.165) is 6.07 Å². The summed E-state index contributed by atoms with van der Waals surface area (Å²) in [5.74, 6) is -1.52. The summed E-state index contributed by atoms with van der Waals surface area (Å²) in [6.45, 7) is 3.37. The molecular weight excluding hydrogens is 236 g/mol. The van der Waals surface area contributed by atoms with Gasteiger partial charge >= 0.3 is 0 Å². The minimum atomic E-state index is -0.808. The Bertz CT molecular complexity index is 402. The Balaban J connectivity index is 3.26. The zero-order valence-electron chi connectivity index (χ0n) is 9.40. The van der Waals surface area contributed by atoms with Gasteiger partial charge in [0.1, 0.15) is 16.6 Å². The van der Waals surface area contributed by atoms with Crippen LogP contribution in [0.4, 0.5) is 8.78 Å². The van der Waals surface area contributed by atoms with E-state index < -0.39 is 17.2 Å². The third-order valence-corrected chi connectivity index (χ3v) is 2.42. The number of benzene rings is 1. The molecule has 0 saturated carbocycles. The molecule has 0 heterocycles. The van der Waals surface area contributed by atoms with Gasteiger partial charge in [0.25, 0.3) is 0 Å². The Kier molecular flexibility index (Phi) is 3.76. The van der Waals surface area contributed by atoms with Crippen molar-refractivity contribution in [3.63, 3.8) is 0 Å². The maximum atomic E-state index is 13.7. The number of halogens is 3. The number of rotatable bonds is 3. The number of nitrogens with two attached hydrogens (primary N) is 1. The van der Waals surface area contributed by atoms with Crippen LogP contribution in [0.5, 0.6) is 5.75 Å². The van der Waals surface area contributed by atoms with E-state index in [2.05, 4.69) is 0 Å². The van der Waals surface area contributed by atoms with E-state index in [1.807, 2.05) is 0 Å². The molecule has 0 aliphatic heterocycles. The first kappa shape index (κ1) is 13.2. The van der Waals surface area contributed by atoms with Crippen LogP contribution in [0.15, 0.2) is 6.07 Å². The molecule has 0 atom stereocenters. The normalized spacial score (nSPS) is 11.7. The lowest BCUT2D eigenvalue weighted by molar-refractivity contribution is 0.402. The van der Waals surface area contributed by atoms with Gasteiger partial charge in [-0.15, -0.1) is 0 Å². The van der Waals surface area contributed by atoms with Crippen LogP contribution in [0.2, 0.25) is 5.02 Å². The fourth-order valence-electron chi connectivity index (χ4n) is 1.38. The standard InChI is InChI=1S/C11H14ClF2NO/c1-11(2,15)5-6-7(13)4-8(16-3)9(12)10(6)14/h4H,5,15H2,1-3H3. The molecule has 0 radical (unpaired) electrons. The lowest BCUT2D eigenvalue weighted by atomic mass is 9.95. The Morgan fingerprint density at radius 2 is 2.00 bits per heavy atom. The van der Waals surface area contributed by atoms with Crippen molar-refractivity contribution in [3.8, 4) is 5.75 Å². The summed E-state index contributed by atoms with van der Waals surface area (Å²) in [4.78, 5) is 0. The number of hydrogen-bond donors (Lipinski definition) is 1. The average molecular weight is 250 g/mol. The van der Waals surface area contributed by atoms with Crippen molar-refractivity contribution in [2.75, 3.05) is 7.11 Å². The molecule has 0 fully saturated rings. The van der Waals surface area contributed by atoms with Gasteiger partial charge in [0.05, 0.1) is 7.11 Å². The van der Waals surface area contributed by atoms with Crippen LogP contribution in [-0.4, -0.2) is 12.6 Å². The zero-order valence-corrected chi connectivity index (χ0v) is 10.2. The summed E-state index contributed by atoms with van der Waals surface area (Å²) in [5, 5.41) is -0.219. The molecule has 0 bridgehead atoms. The maximum absolute atomic E-state index is 13.7. The average Bonchev–Trinajstić information content (AvgIpc) is 2.17. The molecular formula is C11H14ClF2NO. The first-order valence-corrected chi connectivity index (χ1v) is 5.13. The first-order valence-electron chi connectivity index (χ1n) is 4.75. The molecule has 0 aromatic heterocycles. The maximum Gasteiger partial charge on any atom is 0.151 e. The molecule has 16 heavy (non-hydrogen) atoms. The number of methoxy groups -OCH3 is 1. The van der Waals surface area contributed by atoms with E-state index in [1.165, 1.54) is 7.11 Å². The molecule has 2 N–H and O–H groups in total. The van der Waals surface area contributed by atoms with Crippen molar-refractivity contribution < 1.29 is 13.5 Å². The van der Waals surface area contributed by atoms with E-state index in [9.17, 15) is 8.78 Å². The monoisotopic (exact) mass is 249 g/mol. The molecule has 0 spiro atoms. The summed E-state index contributed by atoms with van der Waals surface area (Å²) >= 11 is 5.69. The van der Waals surface area contributed by atoms with Crippen molar-refractivity contribution in [1.82, 2.24) is 0 Å². The lowest BCUT2D eigenvalue weighted by Crippen LogP contribution is -2.35. The first-order chi connectivity index (χ1) is 7.26. The Morgan fingerprint density at radius 1 is 1.44 bits per heavy atom. The largest absolute Gasteiger partial charge is 0.495 e. The highest BCUT2D eigenvalue weighted by Gasteiger charge is 2.22. The molecule has 1 rings (SSSR count). The van der Waals surface area contributed by atoms with Crippen molar-refractivity contribution in [3.05, 3.63) is 28.3 Å². The van der Waals surface area contributed by atoms with Gasteiger partial charge in [-0.1, -0.05) is 11.6 Å². The topological polar surface area (TPSA) is 35.2 Å². The molecule has 1 aromatic rings. The summed E-state index contributed by atoms with van der Waals surface area (Å²) < 4.78 is 32.1. The minimum absolute atomic E-state index is 0.0183. The van der Waals surface area contributed by atoms with E-state index >= 15 is 0 Å². The minimum Gasteiger partial charge on any atom is -0.495 e. The smallest absolute Gasteiger partial charge is 0.151 e. The highest BCUT2D eigenvalue weighted by atomic mass is 35.5. The van der Waals surface area contributed by atoms with Crippen LogP contribution >= 0.6 is 11.6 Å². The SMILES string of the molecule is COc1cc(F)c(CC(C)(C)N)c(F)c1Cl. The van der Waals surface area contributed by atoms with Crippen LogP contribution in [0, 0.1) is 11.6 Å². The molecule has 1 aromatic carbocycles. The summed E-state index contributed by atoms with van der Waals surface area (Å²) in [6.07, 6.45) is 0.0639. The second kappa shape index (κ2) is 4.55. The molecule has 0 amide bonds. The van der Waals surface area contributed by atoms with Gasteiger partial charge in [-0.2, -0.15) is 0 Å². The molecule has 5 heteroatoms. The van der Waals surface area contributed by atoms with Crippen LogP contribution in [0.1, 0.15) is 19.4 Å². The third-order valence-electron chi connectivity index (χ3n) is 2.07. The van der Waals surface area contributed by atoms with Gasteiger partial charge in [-0.25, -0.2) is 8.78 Å². The van der Waals surface area contributed by atoms with Crippen molar-refractivity contribution in [1.29, 1.82) is 0 Å². The van der Waals surface area contributed by atoms with Gasteiger partial charge < -0.3 is 10.5 Å². The molecule has 0 aliphatic carbocycles. The van der Waals surface area contributed by atoms with E-state index in [1.54, 1.807) is 13.8 Å². The Labute approximate surface area is 98.3 Å². The highest BCUT2D eigenvalue weighted by Crippen LogP contribution is 2.32. The summed E-state index contributed by atoms with van der Waals surface area (Å²) in [6, 6.07) is 1.06. The van der Waals surface area contributed by atoms with Crippen molar-refractivity contribution in [2.45, 2.75) is 25.8 Å². The number of ether oxygens (including phenoxy) is 1. The van der Waals surface area contributed by atoms with Crippen LogP contribution in [0.3, 0.4) is 0 Å². The van der Waals surface area contributed by atoms with Crippen LogP contribution < -0.4 is 10.5 Å². The highest BCUT2D eigenvalue weighted by molar-refractivity contribution is 6.32. The van der Waals surface area contributed by atoms with E-state index in [4.69, 9.17) is 22.1 Å². The fraction of sp³-hybridized carbons (Fsp3) is 0.455. The zero-order chi connectivity index (χ0) is 12.5. The fourth-order valence-corrected chi connectivity index (χ4v) is 1.62. The second-order valence-corrected chi connectivity index (χ2v) is 4.71. The van der Waals surface area contributed by atoms with Crippen molar-refractivity contribution in [2.24, 2.45) is 5.73 Å². The van der Waals surface area contributed by atoms with Gasteiger partial charge in [-0.05, 0) is 20.3 Å². The Hall–Kier alpha value is -0.870.